The number of nitrogens with one attached hydrogen (secondary N) is 4. The second kappa shape index (κ2) is 18.2. The van der Waals surface area contributed by atoms with Crippen LogP contribution < -0.4 is 21.5 Å². The van der Waals surface area contributed by atoms with E-state index in [0.717, 1.165) is 0 Å². The van der Waals surface area contributed by atoms with E-state index in [0.29, 0.717) is 22.3 Å². The highest BCUT2D eigenvalue weighted by atomic mass is 16.3. The summed E-state index contributed by atoms with van der Waals surface area (Å²) in [5.41, 5.74) is 6.49. The number of hydrazone groups is 2. The Morgan fingerprint density at radius 2 is 0.860 bits per heavy atom. The van der Waals surface area contributed by atoms with Crippen LogP contribution in [0.3, 0.4) is 0 Å². The quantitative estimate of drug-likeness (QED) is 0.0663. The average Bonchev–Trinajstić information content (AvgIpc) is 3.12. The molecule has 0 saturated heterocycles. The highest BCUT2D eigenvalue weighted by Crippen LogP contribution is 2.14. The lowest BCUT2D eigenvalue weighted by atomic mass is 10.0. The average molecular weight is 681 g/mol. The number of para-hydroxylation sites is 2. The molecule has 4 atom stereocenters. The van der Waals surface area contributed by atoms with Crippen molar-refractivity contribution in [3.05, 3.63) is 131 Å². The summed E-state index contributed by atoms with van der Waals surface area (Å²) < 4.78 is 0. The number of hydrogen-bond donors (Lipinski definition) is 8. The molecule has 0 fully saturated rings. The van der Waals surface area contributed by atoms with E-state index in [1.165, 1.54) is 24.6 Å². The second-order valence-electron chi connectivity index (χ2n) is 11.0. The van der Waals surface area contributed by atoms with Crippen molar-refractivity contribution in [1.29, 1.82) is 0 Å². The maximum Gasteiger partial charge on any atom is 0.262 e. The maximum atomic E-state index is 13.1. The minimum Gasteiger partial charge on any atom is -0.507 e. The molecule has 4 aromatic carbocycles. The predicted molar refractivity (Wildman–Crippen MR) is 184 cm³/mol. The minimum atomic E-state index is -2.34. The van der Waals surface area contributed by atoms with E-state index in [-0.39, 0.29) is 24.3 Å². The zero-order valence-electron chi connectivity index (χ0n) is 26.6. The number of nitrogens with zero attached hydrogens (tertiary/aromatic N) is 2. The van der Waals surface area contributed by atoms with Crippen LogP contribution in [0.25, 0.3) is 0 Å². The van der Waals surface area contributed by atoms with Gasteiger partial charge in [-0.25, -0.2) is 10.9 Å². The molecule has 0 spiro atoms. The maximum absolute atomic E-state index is 13.1. The molecule has 0 saturated carbocycles. The third-order valence-electron chi connectivity index (χ3n) is 7.30. The molecule has 0 aromatic heterocycles. The summed E-state index contributed by atoms with van der Waals surface area (Å²) in [5.74, 6) is -4.21. The smallest absolute Gasteiger partial charge is 0.262 e. The molecule has 4 rings (SSSR count). The van der Waals surface area contributed by atoms with Gasteiger partial charge in [-0.2, -0.15) is 10.2 Å². The predicted octanol–water partition coefficient (Wildman–Crippen LogP) is 0.875. The number of carbonyl (C=O) groups excluding carboxylic acids is 4. The third-order valence-corrected chi connectivity index (χ3v) is 7.30. The van der Waals surface area contributed by atoms with Crippen molar-refractivity contribution >= 4 is 36.1 Å². The van der Waals surface area contributed by atoms with Crippen LogP contribution in [0.5, 0.6) is 11.5 Å². The molecule has 8 N–H and O–H groups in total. The van der Waals surface area contributed by atoms with Crippen molar-refractivity contribution in [1.82, 2.24) is 21.5 Å². The van der Waals surface area contributed by atoms with Crippen LogP contribution >= 0.6 is 0 Å². The summed E-state index contributed by atoms with van der Waals surface area (Å²) in [6, 6.07) is 27.2. The van der Waals surface area contributed by atoms with Crippen molar-refractivity contribution in [3.8, 4) is 11.5 Å². The van der Waals surface area contributed by atoms with Crippen LogP contribution in [0.1, 0.15) is 22.3 Å². The molecular weight excluding hydrogens is 644 g/mol. The molecule has 4 amide bonds. The first kappa shape index (κ1) is 36.5. The van der Waals surface area contributed by atoms with Crippen molar-refractivity contribution in [2.24, 2.45) is 10.2 Å². The number of hydrogen-bond acceptors (Lipinski definition) is 10. The summed E-state index contributed by atoms with van der Waals surface area (Å²) >= 11 is 0. The highest BCUT2D eigenvalue weighted by Gasteiger charge is 2.35. The van der Waals surface area contributed by atoms with E-state index in [2.05, 4.69) is 31.7 Å². The van der Waals surface area contributed by atoms with Crippen molar-refractivity contribution in [2.75, 3.05) is 0 Å². The monoisotopic (exact) mass is 680 g/mol. The third kappa shape index (κ3) is 10.8. The Kier molecular flexibility index (Phi) is 13.3. The van der Waals surface area contributed by atoms with Gasteiger partial charge in [0.2, 0.25) is 0 Å². The summed E-state index contributed by atoms with van der Waals surface area (Å²) in [7, 11) is 0. The molecule has 50 heavy (non-hydrogen) atoms. The largest absolute Gasteiger partial charge is 0.507 e. The van der Waals surface area contributed by atoms with Gasteiger partial charge in [0, 0.05) is 24.0 Å². The number of phenolic OH excluding ortho intramolecular Hbond substituents is 2. The highest BCUT2D eigenvalue weighted by molar-refractivity contribution is 5.96. The van der Waals surface area contributed by atoms with Gasteiger partial charge in [0.05, 0.1) is 12.4 Å². The summed E-state index contributed by atoms with van der Waals surface area (Å²) in [5, 5.41) is 53.6. The number of carbonyl (C=O) groups is 4. The zero-order chi connectivity index (χ0) is 35.9. The van der Waals surface area contributed by atoms with Crippen LogP contribution in [-0.2, 0) is 32.0 Å². The first-order chi connectivity index (χ1) is 24.1. The Balaban J connectivity index is 1.43. The number of aliphatic hydroxyl groups excluding tert-OH is 2. The number of aliphatic hydroxyl groups is 2. The van der Waals surface area contributed by atoms with Gasteiger partial charge in [-0.1, -0.05) is 84.9 Å². The van der Waals surface area contributed by atoms with E-state index >= 15 is 0 Å². The topological polar surface area (TPSA) is 222 Å². The molecule has 0 radical (unpaired) electrons. The van der Waals surface area contributed by atoms with Gasteiger partial charge in [-0.15, -0.1) is 0 Å². The Bertz CT molecular complexity index is 1690. The van der Waals surface area contributed by atoms with Crippen molar-refractivity contribution in [2.45, 2.75) is 37.1 Å². The van der Waals surface area contributed by atoms with Gasteiger partial charge in [-0.3, -0.25) is 19.2 Å². The van der Waals surface area contributed by atoms with E-state index in [1.807, 2.05) is 0 Å². The van der Waals surface area contributed by atoms with Crippen LogP contribution in [0, 0.1) is 0 Å². The molecule has 0 aliphatic heterocycles. The molecule has 0 bridgehead atoms. The minimum absolute atomic E-state index is 0.0415. The van der Waals surface area contributed by atoms with Crippen LogP contribution in [0.4, 0.5) is 0 Å². The number of benzene rings is 4. The van der Waals surface area contributed by atoms with E-state index in [9.17, 15) is 39.6 Å². The number of phenols is 2. The van der Waals surface area contributed by atoms with Crippen LogP contribution in [0.15, 0.2) is 119 Å². The molecule has 14 nitrogen and oxygen atoms in total. The first-order valence-electron chi connectivity index (χ1n) is 15.4. The first-order valence-corrected chi connectivity index (χ1v) is 15.4. The molecule has 258 valence electrons. The Morgan fingerprint density at radius 3 is 1.22 bits per heavy atom. The van der Waals surface area contributed by atoms with Crippen LogP contribution in [-0.4, -0.2) is 80.8 Å². The van der Waals surface area contributed by atoms with Gasteiger partial charge in [0.1, 0.15) is 23.6 Å². The normalized spacial score (nSPS) is 13.6. The summed E-state index contributed by atoms with van der Waals surface area (Å²) in [6.07, 6.45) is -2.36. The van der Waals surface area contributed by atoms with E-state index in [1.54, 1.807) is 97.1 Å². The van der Waals surface area contributed by atoms with Gasteiger partial charge in [-0.05, 0) is 35.4 Å². The Morgan fingerprint density at radius 1 is 0.520 bits per heavy atom. The molecule has 2 unspecified atom stereocenters. The van der Waals surface area contributed by atoms with Crippen LogP contribution in [0.2, 0.25) is 0 Å². The number of aromatic hydroxyl groups is 2. The van der Waals surface area contributed by atoms with Gasteiger partial charge >= 0.3 is 0 Å². The Labute approximate surface area is 287 Å². The summed E-state index contributed by atoms with van der Waals surface area (Å²) in [4.78, 5) is 52.3. The van der Waals surface area contributed by atoms with Crippen molar-refractivity contribution in [3.63, 3.8) is 0 Å². The molecule has 14 heteroatoms. The molecule has 0 heterocycles. The fraction of sp³-hybridized carbons (Fsp3) is 0.167. The van der Waals surface area contributed by atoms with Gasteiger partial charge in [0.25, 0.3) is 23.6 Å². The number of rotatable bonds is 15. The molecular formula is C36H36N6O8. The van der Waals surface area contributed by atoms with E-state index in [4.69, 9.17) is 0 Å². The Hall–Kier alpha value is -6.38. The molecule has 4 aromatic rings. The fourth-order valence-corrected chi connectivity index (χ4v) is 4.60. The van der Waals surface area contributed by atoms with Gasteiger partial charge < -0.3 is 31.1 Å². The second-order valence-corrected chi connectivity index (χ2v) is 11.0. The lowest BCUT2D eigenvalue weighted by Gasteiger charge is -2.23. The number of amides is 4. The zero-order valence-corrected chi connectivity index (χ0v) is 26.6. The standard InChI is InChI=1S/C36H36N6O8/c43-29-17-9-7-15-25(29)21-37-41-33(47)27(19-23-11-3-1-4-12-23)39-35(49)31(45)32(46)36(50)40-28(20-24-13-5-2-6-14-24)34(48)42-38-22-26-16-8-10-18-30(26)44/h1-18,21-22,27-28,31-32,43-46H,19-20H2,(H,39,49)(H,40,50)(H,41,47)(H,42,48)/b37-21-,38-22+/t27?,28?,31-,32-/m0/s1. The lowest BCUT2D eigenvalue weighted by Crippen LogP contribution is -2.57. The van der Waals surface area contributed by atoms with E-state index < -0.39 is 47.9 Å². The van der Waals surface area contributed by atoms with Gasteiger partial charge in [0.15, 0.2) is 12.2 Å². The molecule has 0 aliphatic carbocycles. The van der Waals surface area contributed by atoms with Crippen molar-refractivity contribution < 1.29 is 39.6 Å². The molecule has 0 aliphatic rings. The fourth-order valence-electron chi connectivity index (χ4n) is 4.60. The SMILES string of the molecule is O=C(N/N=C\c1ccccc1O)C(Cc1ccccc1)NC(=O)[C@@H](O)[C@H](O)C(=O)NC(Cc1ccccc1)C(=O)N/N=C/c1ccccc1O. The summed E-state index contributed by atoms with van der Waals surface area (Å²) in [6.45, 7) is 0. The lowest BCUT2D eigenvalue weighted by molar-refractivity contribution is -0.148.